The largest absolute Gasteiger partial charge is 0.439 e. The molecular formula is C11H10ClN3O2S. The molecule has 0 saturated heterocycles. The van der Waals surface area contributed by atoms with E-state index in [0.717, 1.165) is 5.69 Å². The fourth-order valence-electron chi connectivity index (χ4n) is 1.32. The molecule has 18 heavy (non-hydrogen) atoms. The van der Waals surface area contributed by atoms with E-state index in [9.17, 15) is 0 Å². The fourth-order valence-corrected chi connectivity index (χ4v) is 2.50. The summed E-state index contributed by atoms with van der Waals surface area (Å²) in [5, 5.41) is 12.7. The Morgan fingerprint density at radius 2 is 2.33 bits per heavy atom. The average molecular weight is 284 g/mol. The van der Waals surface area contributed by atoms with Crippen LogP contribution in [-0.2, 0) is 0 Å². The molecule has 0 fully saturated rings. The second-order valence-electron chi connectivity index (χ2n) is 3.48. The Kier molecular flexibility index (Phi) is 3.78. The monoisotopic (exact) mass is 283 g/mol. The standard InChI is InChI=1S/C11H10ClN3O2S/c1-6-5-17-11(14-6)18-9-4-7(12)2-3-8(9)10(13)15-16/h2-5,16H,1H3,(H2,13,15). The Morgan fingerprint density at radius 3 is 2.94 bits per heavy atom. The van der Waals surface area contributed by atoms with Crippen LogP contribution in [0.5, 0.6) is 0 Å². The first kappa shape index (κ1) is 12.8. The highest BCUT2D eigenvalue weighted by molar-refractivity contribution is 7.99. The maximum Gasteiger partial charge on any atom is 0.260 e. The minimum atomic E-state index is 0.0115. The molecule has 0 spiro atoms. The van der Waals surface area contributed by atoms with Gasteiger partial charge < -0.3 is 15.4 Å². The van der Waals surface area contributed by atoms with E-state index in [1.165, 1.54) is 11.8 Å². The summed E-state index contributed by atoms with van der Waals surface area (Å²) in [7, 11) is 0. The Balaban J connectivity index is 2.39. The van der Waals surface area contributed by atoms with Crippen molar-refractivity contribution in [1.29, 1.82) is 0 Å². The van der Waals surface area contributed by atoms with E-state index in [0.29, 0.717) is 20.7 Å². The van der Waals surface area contributed by atoms with Crippen molar-refractivity contribution in [2.24, 2.45) is 10.9 Å². The number of rotatable bonds is 3. The molecule has 0 unspecified atom stereocenters. The van der Waals surface area contributed by atoms with E-state index >= 15 is 0 Å². The summed E-state index contributed by atoms with van der Waals surface area (Å²) >= 11 is 7.19. The molecule has 0 aliphatic heterocycles. The van der Waals surface area contributed by atoms with E-state index in [1.54, 1.807) is 24.5 Å². The van der Waals surface area contributed by atoms with Crippen molar-refractivity contribution in [2.45, 2.75) is 17.0 Å². The van der Waals surface area contributed by atoms with Crippen molar-refractivity contribution in [3.05, 3.63) is 40.7 Å². The number of halogens is 1. The number of benzene rings is 1. The first-order chi connectivity index (χ1) is 8.60. The Morgan fingerprint density at radius 1 is 1.56 bits per heavy atom. The third kappa shape index (κ3) is 2.77. The number of hydrogen-bond acceptors (Lipinski definition) is 5. The van der Waals surface area contributed by atoms with Gasteiger partial charge in [-0.15, -0.1) is 0 Å². The van der Waals surface area contributed by atoms with Crippen molar-refractivity contribution >= 4 is 29.2 Å². The molecule has 0 radical (unpaired) electrons. The predicted molar refractivity (Wildman–Crippen MR) is 69.3 cm³/mol. The SMILES string of the molecule is Cc1coc(Sc2cc(Cl)ccc2/C(N)=N/O)n1. The van der Waals surface area contributed by atoms with E-state index in [2.05, 4.69) is 10.1 Å². The van der Waals surface area contributed by atoms with Crippen molar-refractivity contribution in [2.75, 3.05) is 0 Å². The molecule has 1 aromatic carbocycles. The lowest BCUT2D eigenvalue weighted by atomic mass is 10.2. The highest BCUT2D eigenvalue weighted by Gasteiger charge is 2.12. The van der Waals surface area contributed by atoms with Crippen LogP contribution in [0.15, 0.2) is 44.2 Å². The summed E-state index contributed by atoms with van der Waals surface area (Å²) in [4.78, 5) is 4.88. The quantitative estimate of drug-likeness (QED) is 0.391. The number of hydrogen-bond donors (Lipinski definition) is 2. The van der Waals surface area contributed by atoms with Gasteiger partial charge in [-0.1, -0.05) is 16.8 Å². The molecule has 0 saturated carbocycles. The zero-order valence-corrected chi connectivity index (χ0v) is 11.0. The van der Waals surface area contributed by atoms with Gasteiger partial charge in [0.2, 0.25) is 0 Å². The first-order valence-electron chi connectivity index (χ1n) is 4.97. The number of amidine groups is 1. The second kappa shape index (κ2) is 5.32. The summed E-state index contributed by atoms with van der Waals surface area (Å²) in [6, 6.07) is 5.05. The molecule has 0 bridgehead atoms. The molecule has 3 N–H and O–H groups in total. The average Bonchev–Trinajstić information content (AvgIpc) is 2.74. The minimum absolute atomic E-state index is 0.0115. The van der Waals surface area contributed by atoms with Crippen LogP contribution >= 0.6 is 23.4 Å². The highest BCUT2D eigenvalue weighted by Crippen LogP contribution is 2.31. The Bertz CT molecular complexity index is 598. The van der Waals surface area contributed by atoms with Crippen LogP contribution in [0.1, 0.15) is 11.3 Å². The Hall–Kier alpha value is -1.66. The smallest absolute Gasteiger partial charge is 0.260 e. The highest BCUT2D eigenvalue weighted by atomic mass is 35.5. The van der Waals surface area contributed by atoms with Crippen molar-refractivity contribution in [3.63, 3.8) is 0 Å². The molecular weight excluding hydrogens is 274 g/mol. The second-order valence-corrected chi connectivity index (χ2v) is 4.91. The molecule has 0 amide bonds. The van der Waals surface area contributed by atoms with Gasteiger partial charge in [0.25, 0.3) is 5.22 Å². The van der Waals surface area contributed by atoms with Crippen LogP contribution in [0.4, 0.5) is 0 Å². The number of oxazole rings is 1. The van der Waals surface area contributed by atoms with Crippen molar-refractivity contribution in [1.82, 2.24) is 4.98 Å². The maximum absolute atomic E-state index is 8.73. The fraction of sp³-hybridized carbons (Fsp3) is 0.0909. The molecule has 1 aromatic heterocycles. The van der Waals surface area contributed by atoms with E-state index in [4.69, 9.17) is 27.0 Å². The molecule has 5 nitrogen and oxygen atoms in total. The summed E-state index contributed by atoms with van der Waals surface area (Å²) in [6.45, 7) is 1.83. The van der Waals surface area contributed by atoms with Gasteiger partial charge in [0.05, 0.1) is 5.69 Å². The van der Waals surface area contributed by atoms with Crippen LogP contribution in [0.2, 0.25) is 5.02 Å². The van der Waals surface area contributed by atoms with Gasteiger partial charge in [-0.25, -0.2) is 4.98 Å². The number of nitrogens with two attached hydrogens (primary N) is 1. The van der Waals surface area contributed by atoms with Crippen LogP contribution in [0, 0.1) is 6.92 Å². The zero-order valence-electron chi connectivity index (χ0n) is 9.42. The van der Waals surface area contributed by atoms with Crippen LogP contribution in [0.25, 0.3) is 0 Å². The van der Waals surface area contributed by atoms with E-state index < -0.39 is 0 Å². The molecule has 1 heterocycles. The maximum atomic E-state index is 8.73. The minimum Gasteiger partial charge on any atom is -0.439 e. The van der Waals surface area contributed by atoms with Crippen LogP contribution in [-0.4, -0.2) is 16.0 Å². The molecule has 2 rings (SSSR count). The first-order valence-corrected chi connectivity index (χ1v) is 6.17. The van der Waals surface area contributed by atoms with Gasteiger partial charge in [-0.3, -0.25) is 0 Å². The van der Waals surface area contributed by atoms with Gasteiger partial charge in [0.1, 0.15) is 6.26 Å². The molecule has 7 heteroatoms. The van der Waals surface area contributed by atoms with Gasteiger partial charge in [-0.2, -0.15) is 0 Å². The zero-order chi connectivity index (χ0) is 13.1. The lowest BCUT2D eigenvalue weighted by molar-refractivity contribution is 0.318. The number of aromatic nitrogens is 1. The van der Waals surface area contributed by atoms with Crippen molar-refractivity contribution in [3.8, 4) is 0 Å². The number of oxime groups is 1. The summed E-state index contributed by atoms with van der Waals surface area (Å²) < 4.78 is 5.24. The molecule has 0 aliphatic rings. The van der Waals surface area contributed by atoms with Gasteiger partial charge in [0, 0.05) is 15.5 Å². The molecule has 2 aromatic rings. The topological polar surface area (TPSA) is 84.6 Å². The van der Waals surface area contributed by atoms with Crippen molar-refractivity contribution < 1.29 is 9.62 Å². The molecule has 0 atom stereocenters. The summed E-state index contributed by atoms with van der Waals surface area (Å²) in [6.07, 6.45) is 1.55. The summed E-state index contributed by atoms with van der Waals surface area (Å²) in [5.74, 6) is 0.0115. The lowest BCUT2D eigenvalue weighted by Gasteiger charge is -2.06. The van der Waals surface area contributed by atoms with Crippen LogP contribution < -0.4 is 5.73 Å². The number of aryl methyl sites for hydroxylation is 1. The number of nitrogens with zero attached hydrogens (tertiary/aromatic N) is 2. The lowest BCUT2D eigenvalue weighted by Crippen LogP contribution is -2.14. The van der Waals surface area contributed by atoms with Crippen LogP contribution in [0.3, 0.4) is 0 Å². The van der Waals surface area contributed by atoms with Gasteiger partial charge in [0.15, 0.2) is 5.84 Å². The van der Waals surface area contributed by atoms with Gasteiger partial charge in [-0.05, 0) is 36.9 Å². The van der Waals surface area contributed by atoms with Gasteiger partial charge >= 0.3 is 0 Å². The molecule has 0 aliphatic carbocycles. The molecule has 94 valence electrons. The van der Waals surface area contributed by atoms with E-state index in [1.807, 2.05) is 6.92 Å². The predicted octanol–water partition coefficient (Wildman–Crippen LogP) is 2.88. The van der Waals surface area contributed by atoms with E-state index in [-0.39, 0.29) is 5.84 Å². The normalized spacial score (nSPS) is 11.8. The third-order valence-corrected chi connectivity index (χ3v) is 3.28. The third-order valence-electron chi connectivity index (χ3n) is 2.12. The Labute approximate surface area is 113 Å². The summed E-state index contributed by atoms with van der Waals surface area (Å²) in [5.41, 5.74) is 6.95.